The Labute approximate surface area is 136 Å². The van der Waals surface area contributed by atoms with E-state index in [1.165, 1.54) is 18.2 Å². The van der Waals surface area contributed by atoms with Gasteiger partial charge in [0.1, 0.15) is 18.2 Å². The van der Waals surface area contributed by atoms with Gasteiger partial charge >= 0.3 is 5.97 Å². The van der Waals surface area contributed by atoms with Gasteiger partial charge in [0.2, 0.25) is 0 Å². The average molecular weight is 421 g/mol. The normalized spacial score (nSPS) is 10.5. The third-order valence-electron chi connectivity index (χ3n) is 2.64. The summed E-state index contributed by atoms with van der Waals surface area (Å²) in [4.78, 5) is 11.9. The minimum absolute atomic E-state index is 0.0987. The number of benzene rings is 2. The quantitative estimate of drug-likeness (QED) is 0.454. The topological polar surface area (TPSA) is 52.3 Å². The number of hydrogen-bond acceptors (Lipinski definition) is 3. The fourth-order valence-corrected chi connectivity index (χ4v) is 2.54. The molecule has 21 heavy (non-hydrogen) atoms. The van der Waals surface area contributed by atoms with Gasteiger partial charge in [0.25, 0.3) is 0 Å². The molecule has 0 saturated carbocycles. The number of anilines is 1. The van der Waals surface area contributed by atoms with Gasteiger partial charge in [-0.1, -0.05) is 15.9 Å². The average Bonchev–Trinajstić information content (AvgIpc) is 2.41. The maximum absolute atomic E-state index is 13.7. The summed E-state index contributed by atoms with van der Waals surface area (Å²) in [6.45, 7) is -0.512. The molecule has 0 atom stereocenters. The molecule has 0 radical (unpaired) electrons. The summed E-state index contributed by atoms with van der Waals surface area (Å²) in [5.41, 5.74) is 5.85. The number of halogens is 4. The van der Waals surface area contributed by atoms with Crippen LogP contribution in [0.2, 0.25) is 0 Å². The Hall–Kier alpha value is -1.47. The van der Waals surface area contributed by atoms with Crippen molar-refractivity contribution in [3.63, 3.8) is 0 Å². The zero-order valence-electron chi connectivity index (χ0n) is 10.5. The van der Waals surface area contributed by atoms with Gasteiger partial charge in [-0.25, -0.2) is 13.6 Å². The molecule has 0 aliphatic carbocycles. The van der Waals surface area contributed by atoms with Crippen LogP contribution in [0.1, 0.15) is 15.9 Å². The lowest BCUT2D eigenvalue weighted by molar-refractivity contribution is 0.0464. The van der Waals surface area contributed by atoms with Crippen LogP contribution in [0, 0.1) is 11.6 Å². The zero-order chi connectivity index (χ0) is 15.6. The highest BCUT2D eigenvalue weighted by Gasteiger charge is 2.16. The lowest BCUT2D eigenvalue weighted by Crippen LogP contribution is -2.08. The van der Waals surface area contributed by atoms with E-state index in [9.17, 15) is 13.6 Å². The summed E-state index contributed by atoms with van der Waals surface area (Å²) in [5, 5.41) is 0. The van der Waals surface area contributed by atoms with Gasteiger partial charge in [-0.15, -0.1) is 0 Å². The molecule has 0 aliphatic rings. The number of nitrogens with two attached hydrogens (primary N) is 1. The molecule has 0 unspecified atom stereocenters. The van der Waals surface area contributed by atoms with E-state index >= 15 is 0 Å². The maximum Gasteiger partial charge on any atom is 0.338 e. The van der Waals surface area contributed by atoms with Crippen LogP contribution in [0.3, 0.4) is 0 Å². The van der Waals surface area contributed by atoms with E-state index in [0.29, 0.717) is 10.2 Å². The van der Waals surface area contributed by atoms with Gasteiger partial charge in [-0.2, -0.15) is 0 Å². The first-order valence-corrected chi connectivity index (χ1v) is 7.32. The van der Waals surface area contributed by atoms with Crippen molar-refractivity contribution < 1.29 is 18.3 Å². The van der Waals surface area contributed by atoms with Crippen LogP contribution in [0.5, 0.6) is 0 Å². The lowest BCUT2D eigenvalue weighted by Gasteiger charge is -2.09. The van der Waals surface area contributed by atoms with Crippen LogP contribution < -0.4 is 5.73 Å². The van der Waals surface area contributed by atoms with Crippen LogP contribution in [0.25, 0.3) is 0 Å². The highest BCUT2D eigenvalue weighted by atomic mass is 79.9. The molecule has 0 aliphatic heterocycles. The molecule has 0 amide bonds. The molecule has 0 saturated heterocycles. The van der Waals surface area contributed by atoms with Crippen molar-refractivity contribution in [2.45, 2.75) is 6.61 Å². The number of carbonyl (C=O) groups excluding carboxylic acids is 1. The van der Waals surface area contributed by atoms with Crippen molar-refractivity contribution in [3.8, 4) is 0 Å². The monoisotopic (exact) mass is 419 g/mol. The first-order chi connectivity index (χ1) is 9.88. The number of ether oxygens (including phenoxy) is 1. The molecule has 0 heterocycles. The van der Waals surface area contributed by atoms with Crippen LogP contribution in [0.15, 0.2) is 39.3 Å². The van der Waals surface area contributed by atoms with Crippen LogP contribution in [-0.2, 0) is 11.3 Å². The standard InChI is InChI=1S/C14H9Br2F2NO2/c15-8-3-7(4-9(19)5-8)14(20)21-6-10-12(17)2-1-11(16)13(10)18/h1-5H,6,19H2. The summed E-state index contributed by atoms with van der Waals surface area (Å²) in [7, 11) is 0. The fourth-order valence-electron chi connectivity index (χ4n) is 1.65. The fraction of sp³-hybridized carbons (Fsp3) is 0.0714. The summed E-state index contributed by atoms with van der Waals surface area (Å²) in [6.07, 6.45) is 0. The minimum Gasteiger partial charge on any atom is -0.457 e. The molecule has 0 spiro atoms. The molecular formula is C14H9Br2F2NO2. The Balaban J connectivity index is 2.17. The Bertz CT molecular complexity index is 687. The van der Waals surface area contributed by atoms with Crippen LogP contribution in [0.4, 0.5) is 14.5 Å². The minimum atomic E-state index is -0.795. The van der Waals surface area contributed by atoms with Gasteiger partial charge in [-0.05, 0) is 46.3 Å². The highest BCUT2D eigenvalue weighted by molar-refractivity contribution is 9.10. The van der Waals surface area contributed by atoms with Crippen molar-refractivity contribution >= 4 is 43.5 Å². The summed E-state index contributed by atoms with van der Waals surface area (Å²) in [6, 6.07) is 6.87. The second kappa shape index (κ2) is 6.53. The van der Waals surface area contributed by atoms with Crippen molar-refractivity contribution in [1.82, 2.24) is 0 Å². The Morgan fingerprint density at radius 1 is 1.19 bits per heavy atom. The molecule has 0 fully saturated rings. The molecule has 2 rings (SSSR count). The molecule has 2 aromatic carbocycles. The zero-order valence-corrected chi connectivity index (χ0v) is 13.7. The Kier molecular flexibility index (Phi) is 4.95. The molecule has 2 N–H and O–H groups in total. The molecular weight excluding hydrogens is 412 g/mol. The summed E-state index contributed by atoms with van der Waals surface area (Å²) >= 11 is 6.14. The lowest BCUT2D eigenvalue weighted by atomic mass is 10.2. The van der Waals surface area contributed by atoms with Gasteiger partial charge in [0.15, 0.2) is 0 Å². The van der Waals surface area contributed by atoms with E-state index < -0.39 is 24.2 Å². The second-order valence-electron chi connectivity index (χ2n) is 4.17. The van der Waals surface area contributed by atoms with Gasteiger partial charge < -0.3 is 10.5 Å². The summed E-state index contributed by atoms with van der Waals surface area (Å²) < 4.78 is 32.9. The third-order valence-corrected chi connectivity index (χ3v) is 3.71. The van der Waals surface area contributed by atoms with E-state index in [2.05, 4.69) is 31.9 Å². The largest absolute Gasteiger partial charge is 0.457 e. The van der Waals surface area contributed by atoms with Crippen molar-refractivity contribution in [3.05, 3.63) is 62.0 Å². The first-order valence-electron chi connectivity index (χ1n) is 5.74. The smallest absolute Gasteiger partial charge is 0.338 e. The van der Waals surface area contributed by atoms with E-state index in [4.69, 9.17) is 10.5 Å². The molecule has 110 valence electrons. The molecule has 0 bridgehead atoms. The maximum atomic E-state index is 13.7. The highest BCUT2D eigenvalue weighted by Crippen LogP contribution is 2.23. The Morgan fingerprint density at radius 2 is 1.90 bits per heavy atom. The SMILES string of the molecule is Nc1cc(Br)cc(C(=O)OCc2c(F)ccc(Br)c2F)c1. The molecule has 7 heteroatoms. The molecule has 3 nitrogen and oxygen atoms in total. The molecule has 0 aromatic heterocycles. The van der Waals surface area contributed by atoms with E-state index in [1.807, 2.05) is 0 Å². The van der Waals surface area contributed by atoms with Crippen LogP contribution in [-0.4, -0.2) is 5.97 Å². The van der Waals surface area contributed by atoms with Crippen molar-refractivity contribution in [2.24, 2.45) is 0 Å². The molecule has 2 aromatic rings. The van der Waals surface area contributed by atoms with Gasteiger partial charge in [0, 0.05) is 10.2 Å². The van der Waals surface area contributed by atoms with Crippen molar-refractivity contribution in [1.29, 1.82) is 0 Å². The van der Waals surface area contributed by atoms with E-state index in [-0.39, 0.29) is 15.6 Å². The number of nitrogen functional groups attached to an aromatic ring is 1. The number of rotatable bonds is 3. The predicted octanol–water partition coefficient (Wildman–Crippen LogP) is 4.43. The van der Waals surface area contributed by atoms with Gasteiger partial charge in [0.05, 0.1) is 15.6 Å². The number of esters is 1. The summed E-state index contributed by atoms with van der Waals surface area (Å²) in [5.74, 6) is -2.30. The number of carbonyl (C=O) groups is 1. The third kappa shape index (κ3) is 3.79. The Morgan fingerprint density at radius 3 is 2.57 bits per heavy atom. The number of hydrogen-bond donors (Lipinski definition) is 1. The van der Waals surface area contributed by atoms with Gasteiger partial charge in [-0.3, -0.25) is 0 Å². The predicted molar refractivity (Wildman–Crippen MR) is 81.7 cm³/mol. The van der Waals surface area contributed by atoms with Crippen LogP contribution >= 0.6 is 31.9 Å². The second-order valence-corrected chi connectivity index (χ2v) is 5.94. The van der Waals surface area contributed by atoms with E-state index in [0.717, 1.165) is 6.07 Å². The van der Waals surface area contributed by atoms with Crippen molar-refractivity contribution in [2.75, 3.05) is 5.73 Å². The first kappa shape index (κ1) is 15.9. The van der Waals surface area contributed by atoms with E-state index in [1.54, 1.807) is 6.07 Å².